The van der Waals surface area contributed by atoms with E-state index >= 15 is 0 Å². The SMILES string of the molecule is COCCN(C)C(=O)C1CCC(N)C1.Cl. The zero-order chi connectivity index (χ0) is 10.6. The summed E-state index contributed by atoms with van der Waals surface area (Å²) in [7, 11) is 3.47. The van der Waals surface area contributed by atoms with Gasteiger partial charge in [-0.05, 0) is 19.3 Å². The molecule has 1 aliphatic rings. The minimum atomic E-state index is 0. The van der Waals surface area contributed by atoms with Gasteiger partial charge in [-0.1, -0.05) is 0 Å². The molecule has 1 amide bonds. The standard InChI is InChI=1S/C10H20N2O2.ClH/c1-12(5-6-14-2)10(13)8-3-4-9(11)7-8;/h8-9H,3-7,11H2,1-2H3;1H. The Morgan fingerprint density at radius 2 is 2.20 bits per heavy atom. The lowest BCUT2D eigenvalue weighted by molar-refractivity contribution is -0.134. The normalized spacial score (nSPS) is 24.7. The molecule has 0 aromatic carbocycles. The van der Waals surface area contributed by atoms with E-state index in [2.05, 4.69) is 0 Å². The van der Waals surface area contributed by atoms with Gasteiger partial charge in [-0.25, -0.2) is 0 Å². The Labute approximate surface area is 97.5 Å². The molecule has 2 N–H and O–H groups in total. The number of rotatable bonds is 4. The third-order valence-electron chi connectivity index (χ3n) is 2.83. The van der Waals surface area contributed by atoms with Crippen molar-refractivity contribution in [1.29, 1.82) is 0 Å². The molecule has 1 rings (SSSR count). The maximum Gasteiger partial charge on any atom is 0.225 e. The van der Waals surface area contributed by atoms with E-state index in [1.54, 1.807) is 12.0 Å². The Hall–Kier alpha value is -0.320. The van der Waals surface area contributed by atoms with Crippen LogP contribution in [0.5, 0.6) is 0 Å². The molecular weight excluding hydrogens is 216 g/mol. The molecule has 0 heterocycles. The first kappa shape index (κ1) is 14.7. The van der Waals surface area contributed by atoms with Crippen LogP contribution in [0.3, 0.4) is 0 Å². The van der Waals surface area contributed by atoms with Crippen molar-refractivity contribution in [2.45, 2.75) is 25.3 Å². The molecule has 0 saturated heterocycles. The van der Waals surface area contributed by atoms with Gasteiger partial charge in [-0.3, -0.25) is 4.79 Å². The maximum absolute atomic E-state index is 11.8. The second kappa shape index (κ2) is 7.04. The lowest BCUT2D eigenvalue weighted by Crippen LogP contribution is -2.34. The van der Waals surface area contributed by atoms with Gasteiger partial charge in [0.05, 0.1) is 6.61 Å². The molecule has 15 heavy (non-hydrogen) atoms. The number of ether oxygens (including phenoxy) is 1. The molecule has 0 aromatic heterocycles. The van der Waals surface area contributed by atoms with Crippen LogP contribution in [-0.4, -0.2) is 44.2 Å². The van der Waals surface area contributed by atoms with Crippen molar-refractivity contribution in [3.8, 4) is 0 Å². The zero-order valence-electron chi connectivity index (χ0n) is 9.44. The lowest BCUT2D eigenvalue weighted by Gasteiger charge is -2.20. The van der Waals surface area contributed by atoms with E-state index < -0.39 is 0 Å². The number of hydrogen-bond acceptors (Lipinski definition) is 3. The van der Waals surface area contributed by atoms with Crippen LogP contribution in [0.25, 0.3) is 0 Å². The van der Waals surface area contributed by atoms with Crippen LogP contribution in [0.2, 0.25) is 0 Å². The van der Waals surface area contributed by atoms with Crippen molar-refractivity contribution >= 4 is 18.3 Å². The van der Waals surface area contributed by atoms with Crippen LogP contribution in [-0.2, 0) is 9.53 Å². The van der Waals surface area contributed by atoms with E-state index in [1.165, 1.54) is 0 Å². The average Bonchev–Trinajstić information content (AvgIpc) is 2.60. The van der Waals surface area contributed by atoms with Crippen LogP contribution in [0.1, 0.15) is 19.3 Å². The molecule has 0 aliphatic heterocycles. The van der Waals surface area contributed by atoms with E-state index in [4.69, 9.17) is 10.5 Å². The Kier molecular flexibility index (Phi) is 6.89. The highest BCUT2D eigenvalue weighted by Gasteiger charge is 2.29. The summed E-state index contributed by atoms with van der Waals surface area (Å²) in [5.74, 6) is 0.363. The summed E-state index contributed by atoms with van der Waals surface area (Å²) in [5.41, 5.74) is 5.77. The number of halogens is 1. The highest BCUT2D eigenvalue weighted by Crippen LogP contribution is 2.25. The van der Waals surface area contributed by atoms with Gasteiger partial charge < -0.3 is 15.4 Å². The van der Waals surface area contributed by atoms with Gasteiger partial charge in [0.1, 0.15) is 0 Å². The van der Waals surface area contributed by atoms with Crippen LogP contribution in [0.4, 0.5) is 0 Å². The van der Waals surface area contributed by atoms with Crippen molar-refractivity contribution < 1.29 is 9.53 Å². The van der Waals surface area contributed by atoms with Crippen molar-refractivity contribution in [3.05, 3.63) is 0 Å². The zero-order valence-corrected chi connectivity index (χ0v) is 10.3. The molecule has 1 saturated carbocycles. The Morgan fingerprint density at radius 1 is 1.53 bits per heavy atom. The topological polar surface area (TPSA) is 55.6 Å². The van der Waals surface area contributed by atoms with Gasteiger partial charge in [0, 0.05) is 32.7 Å². The Bertz CT molecular complexity index is 202. The fourth-order valence-corrected chi connectivity index (χ4v) is 1.89. The van der Waals surface area contributed by atoms with E-state index in [1.807, 2.05) is 7.05 Å². The quantitative estimate of drug-likeness (QED) is 0.780. The van der Waals surface area contributed by atoms with Gasteiger partial charge in [0.15, 0.2) is 0 Å². The van der Waals surface area contributed by atoms with Gasteiger partial charge in [-0.2, -0.15) is 0 Å². The molecule has 2 unspecified atom stereocenters. The highest BCUT2D eigenvalue weighted by atomic mass is 35.5. The van der Waals surface area contributed by atoms with Crippen molar-refractivity contribution in [2.75, 3.05) is 27.3 Å². The van der Waals surface area contributed by atoms with Gasteiger partial charge in [-0.15, -0.1) is 12.4 Å². The van der Waals surface area contributed by atoms with Gasteiger partial charge in [0.25, 0.3) is 0 Å². The minimum Gasteiger partial charge on any atom is -0.383 e. The first-order valence-electron chi connectivity index (χ1n) is 5.14. The van der Waals surface area contributed by atoms with E-state index in [0.717, 1.165) is 19.3 Å². The first-order valence-corrected chi connectivity index (χ1v) is 5.14. The highest BCUT2D eigenvalue weighted by molar-refractivity contribution is 5.85. The van der Waals surface area contributed by atoms with Crippen molar-refractivity contribution in [2.24, 2.45) is 11.7 Å². The van der Waals surface area contributed by atoms with Gasteiger partial charge >= 0.3 is 0 Å². The largest absolute Gasteiger partial charge is 0.383 e. The number of nitrogens with two attached hydrogens (primary N) is 1. The predicted octanol–water partition coefficient (Wildman–Crippen LogP) is 0.640. The minimum absolute atomic E-state index is 0. The van der Waals surface area contributed by atoms with E-state index in [9.17, 15) is 4.79 Å². The first-order chi connectivity index (χ1) is 6.65. The molecule has 0 bridgehead atoms. The second-order valence-electron chi connectivity index (χ2n) is 4.02. The molecule has 0 aromatic rings. The summed E-state index contributed by atoms with van der Waals surface area (Å²) in [6.45, 7) is 1.27. The summed E-state index contributed by atoms with van der Waals surface area (Å²) in [5, 5.41) is 0. The Morgan fingerprint density at radius 3 is 2.67 bits per heavy atom. The molecule has 2 atom stereocenters. The molecule has 1 aliphatic carbocycles. The molecule has 5 heteroatoms. The van der Waals surface area contributed by atoms with Crippen LogP contribution in [0.15, 0.2) is 0 Å². The summed E-state index contributed by atoms with van der Waals surface area (Å²) in [4.78, 5) is 13.6. The fourth-order valence-electron chi connectivity index (χ4n) is 1.89. The van der Waals surface area contributed by atoms with E-state index in [0.29, 0.717) is 13.2 Å². The number of methoxy groups -OCH3 is 1. The smallest absolute Gasteiger partial charge is 0.225 e. The van der Waals surface area contributed by atoms with Crippen molar-refractivity contribution in [3.63, 3.8) is 0 Å². The maximum atomic E-state index is 11.8. The molecule has 90 valence electrons. The summed E-state index contributed by atoms with van der Waals surface area (Å²) < 4.78 is 4.93. The number of carbonyl (C=O) groups excluding carboxylic acids is 1. The van der Waals surface area contributed by atoms with E-state index in [-0.39, 0.29) is 30.3 Å². The molecule has 0 radical (unpaired) electrons. The molecule has 4 nitrogen and oxygen atoms in total. The number of carbonyl (C=O) groups is 1. The number of amides is 1. The third kappa shape index (κ3) is 4.36. The predicted molar refractivity (Wildman–Crippen MR) is 62.1 cm³/mol. The average molecular weight is 237 g/mol. The summed E-state index contributed by atoms with van der Waals surface area (Å²) in [6.07, 6.45) is 2.77. The van der Waals surface area contributed by atoms with Crippen LogP contribution >= 0.6 is 12.4 Å². The lowest BCUT2D eigenvalue weighted by atomic mass is 10.1. The van der Waals surface area contributed by atoms with Crippen molar-refractivity contribution in [1.82, 2.24) is 4.90 Å². The number of nitrogens with zero attached hydrogens (tertiary/aromatic N) is 1. The Balaban J connectivity index is 0.00000196. The van der Waals surface area contributed by atoms with Crippen LogP contribution in [0, 0.1) is 5.92 Å². The van der Waals surface area contributed by atoms with Crippen LogP contribution < -0.4 is 5.73 Å². The van der Waals surface area contributed by atoms with Gasteiger partial charge in [0.2, 0.25) is 5.91 Å². The monoisotopic (exact) mass is 236 g/mol. The molecule has 1 fully saturated rings. The number of hydrogen-bond donors (Lipinski definition) is 1. The summed E-state index contributed by atoms with van der Waals surface area (Å²) in [6, 6.07) is 0.222. The number of likely N-dealkylation sites (N-methyl/N-ethyl adjacent to an activating group) is 1. The molecule has 0 spiro atoms. The third-order valence-corrected chi connectivity index (χ3v) is 2.83. The summed E-state index contributed by atoms with van der Waals surface area (Å²) >= 11 is 0. The molecular formula is C10H21ClN2O2. The fraction of sp³-hybridized carbons (Fsp3) is 0.900. The second-order valence-corrected chi connectivity index (χ2v) is 4.02.